The molecule has 29 heavy (non-hydrogen) atoms. The predicted octanol–water partition coefficient (Wildman–Crippen LogP) is 3.05. The van der Waals surface area contributed by atoms with Crippen molar-refractivity contribution in [2.45, 2.75) is 57.9 Å². The van der Waals surface area contributed by atoms with Gasteiger partial charge in [-0.25, -0.2) is 9.97 Å². The molecule has 2 aromatic heterocycles. The molecule has 154 valence electrons. The van der Waals surface area contributed by atoms with Gasteiger partial charge in [0.2, 0.25) is 0 Å². The lowest BCUT2D eigenvalue weighted by atomic mass is 9.99. The van der Waals surface area contributed by atoms with Gasteiger partial charge in [-0.05, 0) is 57.8 Å². The van der Waals surface area contributed by atoms with E-state index < -0.39 is 0 Å². The Kier molecular flexibility index (Phi) is 4.76. The summed E-state index contributed by atoms with van der Waals surface area (Å²) < 4.78 is 1.68. The van der Waals surface area contributed by atoms with E-state index in [2.05, 4.69) is 16.9 Å². The number of aromatic nitrogens is 4. The minimum atomic E-state index is -0.0508. The van der Waals surface area contributed by atoms with Crippen molar-refractivity contribution < 1.29 is 4.79 Å². The van der Waals surface area contributed by atoms with Crippen LogP contribution in [0.3, 0.4) is 0 Å². The van der Waals surface area contributed by atoms with E-state index in [1.54, 1.807) is 17.1 Å². The molecule has 1 aliphatic carbocycles. The lowest BCUT2D eigenvalue weighted by molar-refractivity contribution is 0.0599. The van der Waals surface area contributed by atoms with Gasteiger partial charge >= 0.3 is 0 Å². The van der Waals surface area contributed by atoms with Gasteiger partial charge in [-0.1, -0.05) is 0 Å². The average Bonchev–Trinajstić information content (AvgIpc) is 3.45. The first-order chi connectivity index (χ1) is 14.1. The van der Waals surface area contributed by atoms with E-state index in [1.807, 2.05) is 11.9 Å². The quantitative estimate of drug-likeness (QED) is 0.797. The number of fused-ring (bicyclic) bond motifs is 1. The number of aryl methyl sites for hydroxylation is 2. The van der Waals surface area contributed by atoms with Crippen LogP contribution in [0.15, 0.2) is 12.4 Å². The number of carbonyl (C=O) groups is 1. The zero-order valence-electron chi connectivity index (χ0n) is 17.5. The van der Waals surface area contributed by atoms with Crippen LogP contribution in [0.25, 0.3) is 0 Å². The highest BCUT2D eigenvalue weighted by Crippen LogP contribution is 2.37. The molecule has 2 fully saturated rings. The normalized spacial score (nSPS) is 21.9. The topological polar surface area (TPSA) is 67.2 Å². The van der Waals surface area contributed by atoms with Gasteiger partial charge in [0.05, 0.1) is 17.8 Å². The molecule has 7 heteroatoms. The van der Waals surface area contributed by atoms with E-state index in [-0.39, 0.29) is 11.9 Å². The number of anilines is 1. The van der Waals surface area contributed by atoms with Crippen molar-refractivity contribution >= 4 is 11.7 Å². The lowest BCUT2D eigenvalue weighted by Crippen LogP contribution is -2.40. The van der Waals surface area contributed by atoms with E-state index in [1.165, 1.54) is 24.8 Å². The second kappa shape index (κ2) is 7.43. The Hall–Kier alpha value is -2.44. The van der Waals surface area contributed by atoms with Crippen molar-refractivity contribution in [2.75, 3.05) is 24.5 Å². The number of hydrogen-bond donors (Lipinski definition) is 0. The summed E-state index contributed by atoms with van der Waals surface area (Å²) in [5, 5.41) is 4.18. The van der Waals surface area contributed by atoms with E-state index >= 15 is 0 Å². The van der Waals surface area contributed by atoms with E-state index in [4.69, 9.17) is 9.97 Å². The number of likely N-dealkylation sites (tertiary alicyclic amines) is 1. The average molecular weight is 395 g/mol. The van der Waals surface area contributed by atoms with Gasteiger partial charge < -0.3 is 9.80 Å². The minimum Gasteiger partial charge on any atom is -0.356 e. The van der Waals surface area contributed by atoms with Crippen LogP contribution >= 0.6 is 0 Å². The Labute approximate surface area is 172 Å². The molecule has 0 N–H and O–H groups in total. The molecule has 5 rings (SSSR count). The van der Waals surface area contributed by atoms with Crippen molar-refractivity contribution in [1.29, 1.82) is 0 Å². The highest BCUT2D eigenvalue weighted by molar-refractivity contribution is 5.94. The van der Waals surface area contributed by atoms with Gasteiger partial charge in [-0.3, -0.25) is 9.48 Å². The van der Waals surface area contributed by atoms with Gasteiger partial charge in [0.1, 0.15) is 5.82 Å². The Bertz CT molecular complexity index is 918. The molecule has 1 atom stereocenters. The third-order valence-electron chi connectivity index (χ3n) is 6.55. The summed E-state index contributed by atoms with van der Waals surface area (Å²) in [6.45, 7) is 5.07. The van der Waals surface area contributed by atoms with Crippen LogP contribution in [-0.2, 0) is 13.5 Å². The second-order valence-corrected chi connectivity index (χ2v) is 8.88. The highest BCUT2D eigenvalue weighted by Gasteiger charge is 2.34. The molecule has 2 aromatic rings. The first-order valence-electron chi connectivity index (χ1n) is 11.0. The molecule has 7 nitrogen and oxygen atoms in total. The monoisotopic (exact) mass is 394 g/mol. The van der Waals surface area contributed by atoms with Crippen LogP contribution in [0.5, 0.6) is 0 Å². The number of hydrogen-bond acceptors (Lipinski definition) is 5. The minimum absolute atomic E-state index is 0.0385. The van der Waals surface area contributed by atoms with Crippen LogP contribution in [-0.4, -0.2) is 50.2 Å². The fourth-order valence-corrected chi connectivity index (χ4v) is 4.79. The maximum Gasteiger partial charge on any atom is 0.257 e. The smallest absolute Gasteiger partial charge is 0.257 e. The third kappa shape index (κ3) is 3.63. The Balaban J connectivity index is 1.48. The molecular weight excluding hydrogens is 364 g/mol. The first kappa shape index (κ1) is 18.6. The molecule has 4 heterocycles. The summed E-state index contributed by atoms with van der Waals surface area (Å²) in [5.41, 5.74) is 3.04. The molecule has 3 aliphatic rings. The molecule has 2 aliphatic heterocycles. The van der Waals surface area contributed by atoms with E-state index in [0.29, 0.717) is 5.56 Å². The SMILES string of the molecule is Cc1nc(C2CCCCN2C(=O)c2cnn(C)c2)nc2c1CCCN2CC1CC1. The maximum atomic E-state index is 13.2. The maximum absolute atomic E-state index is 13.2. The Morgan fingerprint density at radius 3 is 2.76 bits per heavy atom. The summed E-state index contributed by atoms with van der Waals surface area (Å²) in [4.78, 5) is 27.7. The van der Waals surface area contributed by atoms with Crippen LogP contribution in [0.1, 0.15) is 72.0 Å². The zero-order valence-corrected chi connectivity index (χ0v) is 17.5. The van der Waals surface area contributed by atoms with Gasteiger partial charge in [0, 0.05) is 44.1 Å². The van der Waals surface area contributed by atoms with Crippen molar-refractivity contribution in [2.24, 2.45) is 13.0 Å². The Morgan fingerprint density at radius 1 is 1.14 bits per heavy atom. The summed E-state index contributed by atoms with van der Waals surface area (Å²) in [5.74, 6) is 2.82. The van der Waals surface area contributed by atoms with Gasteiger partial charge in [-0.15, -0.1) is 0 Å². The summed E-state index contributed by atoms with van der Waals surface area (Å²) in [7, 11) is 1.84. The number of rotatable bonds is 4. The zero-order chi connectivity index (χ0) is 20.0. The number of nitrogens with zero attached hydrogens (tertiary/aromatic N) is 6. The summed E-state index contributed by atoms with van der Waals surface area (Å²) in [6, 6.07) is -0.0508. The van der Waals surface area contributed by atoms with Crippen molar-refractivity contribution in [1.82, 2.24) is 24.6 Å². The first-order valence-corrected chi connectivity index (χ1v) is 11.0. The van der Waals surface area contributed by atoms with Crippen molar-refractivity contribution in [3.05, 3.63) is 35.0 Å². The number of amides is 1. The van der Waals surface area contributed by atoms with Crippen LogP contribution in [0, 0.1) is 12.8 Å². The number of carbonyl (C=O) groups excluding carboxylic acids is 1. The standard InChI is InChI=1S/C22H30N6O/c1-15-18-6-5-10-27(13-16-8-9-16)21(18)25-20(24-15)19-7-3-4-11-28(19)22(29)17-12-23-26(2)14-17/h12,14,16,19H,3-11,13H2,1-2H3. The van der Waals surface area contributed by atoms with Gasteiger partial charge in [0.25, 0.3) is 5.91 Å². The molecule has 0 spiro atoms. The molecule has 1 saturated carbocycles. The lowest BCUT2D eigenvalue weighted by Gasteiger charge is -2.36. The van der Waals surface area contributed by atoms with Gasteiger partial charge in [-0.2, -0.15) is 5.10 Å². The van der Waals surface area contributed by atoms with Crippen LogP contribution in [0.2, 0.25) is 0 Å². The van der Waals surface area contributed by atoms with Gasteiger partial charge in [0.15, 0.2) is 5.82 Å². The van der Waals surface area contributed by atoms with Crippen LogP contribution < -0.4 is 4.90 Å². The molecule has 1 saturated heterocycles. The second-order valence-electron chi connectivity index (χ2n) is 8.88. The predicted molar refractivity (Wildman–Crippen MR) is 111 cm³/mol. The molecule has 1 unspecified atom stereocenters. The summed E-state index contributed by atoms with van der Waals surface area (Å²) >= 11 is 0. The van der Waals surface area contributed by atoms with Crippen LogP contribution in [0.4, 0.5) is 5.82 Å². The fraction of sp³-hybridized carbons (Fsp3) is 0.636. The largest absolute Gasteiger partial charge is 0.356 e. The molecule has 0 bridgehead atoms. The summed E-state index contributed by atoms with van der Waals surface area (Å²) in [6.07, 6.45) is 11.4. The molecular formula is C22H30N6O. The van der Waals surface area contributed by atoms with Crippen molar-refractivity contribution in [3.63, 3.8) is 0 Å². The fourth-order valence-electron chi connectivity index (χ4n) is 4.79. The van der Waals surface area contributed by atoms with E-state index in [0.717, 1.165) is 68.6 Å². The third-order valence-corrected chi connectivity index (χ3v) is 6.55. The molecule has 1 amide bonds. The molecule has 0 radical (unpaired) electrons. The molecule has 0 aromatic carbocycles. The van der Waals surface area contributed by atoms with E-state index in [9.17, 15) is 4.79 Å². The Morgan fingerprint density at radius 2 is 2.00 bits per heavy atom. The van der Waals surface area contributed by atoms with Crippen molar-refractivity contribution in [3.8, 4) is 0 Å². The highest BCUT2D eigenvalue weighted by atomic mass is 16.2. The number of piperidine rings is 1.